The van der Waals surface area contributed by atoms with E-state index in [-0.39, 0.29) is 12.5 Å². The molecule has 0 aliphatic carbocycles. The maximum absolute atomic E-state index is 10.5. The second-order valence-corrected chi connectivity index (χ2v) is 4.08. The molecule has 88 valence electrons. The van der Waals surface area contributed by atoms with Gasteiger partial charge in [0, 0.05) is 12.5 Å². The molecule has 0 radical (unpaired) electrons. The number of hydrogen-bond donors (Lipinski definition) is 2. The number of benzene rings is 1. The molecule has 0 spiro atoms. The van der Waals surface area contributed by atoms with Crippen LogP contribution >= 0.6 is 0 Å². The van der Waals surface area contributed by atoms with Crippen LogP contribution in [0.1, 0.15) is 42.5 Å². The third-order valence-electron chi connectivity index (χ3n) is 2.82. The lowest BCUT2D eigenvalue weighted by Gasteiger charge is -2.15. The van der Waals surface area contributed by atoms with Crippen molar-refractivity contribution in [3.63, 3.8) is 0 Å². The van der Waals surface area contributed by atoms with E-state index in [1.165, 1.54) is 5.56 Å². The van der Waals surface area contributed by atoms with Gasteiger partial charge in [0.2, 0.25) is 0 Å². The Morgan fingerprint density at radius 2 is 2.19 bits per heavy atom. The number of nitrogens with two attached hydrogens (primary N) is 1. The Kier molecular flexibility index (Phi) is 4.50. The Labute approximate surface area is 96.3 Å². The summed E-state index contributed by atoms with van der Waals surface area (Å²) in [4.78, 5) is 10.5. The van der Waals surface area contributed by atoms with Gasteiger partial charge in [-0.05, 0) is 36.5 Å². The first kappa shape index (κ1) is 12.7. The zero-order chi connectivity index (χ0) is 12.1. The number of carboxylic acids is 1. The van der Waals surface area contributed by atoms with Crippen LogP contribution in [0.5, 0.6) is 0 Å². The summed E-state index contributed by atoms with van der Waals surface area (Å²) in [6.07, 6.45) is 1.58. The van der Waals surface area contributed by atoms with Crippen LogP contribution in [0.2, 0.25) is 0 Å². The molecule has 3 heteroatoms. The van der Waals surface area contributed by atoms with E-state index in [4.69, 9.17) is 10.8 Å². The number of aryl methyl sites for hydroxylation is 2. The van der Waals surface area contributed by atoms with Crippen LogP contribution in [0.25, 0.3) is 0 Å². The van der Waals surface area contributed by atoms with E-state index in [9.17, 15) is 4.79 Å². The third-order valence-corrected chi connectivity index (χ3v) is 2.82. The van der Waals surface area contributed by atoms with Gasteiger partial charge in [0.15, 0.2) is 0 Å². The summed E-state index contributed by atoms with van der Waals surface area (Å²) < 4.78 is 0. The van der Waals surface area contributed by atoms with Gasteiger partial charge in [-0.1, -0.05) is 25.1 Å². The van der Waals surface area contributed by atoms with Gasteiger partial charge >= 0.3 is 5.97 Å². The lowest BCUT2D eigenvalue weighted by molar-refractivity contribution is -0.137. The maximum atomic E-state index is 10.5. The average molecular weight is 221 g/mol. The number of carboxylic acid groups (broad SMARTS) is 1. The summed E-state index contributed by atoms with van der Waals surface area (Å²) in [7, 11) is 0. The van der Waals surface area contributed by atoms with E-state index >= 15 is 0 Å². The molecule has 0 aromatic heterocycles. The van der Waals surface area contributed by atoms with Gasteiger partial charge in [-0.2, -0.15) is 0 Å². The highest BCUT2D eigenvalue weighted by Gasteiger charge is 2.11. The summed E-state index contributed by atoms with van der Waals surface area (Å²) in [5.74, 6) is -0.792. The molecule has 0 amide bonds. The monoisotopic (exact) mass is 221 g/mol. The SMILES string of the molecule is CCc1ccc(C)c(C(N)CCC(=O)O)c1. The molecule has 1 atom stereocenters. The highest BCUT2D eigenvalue weighted by atomic mass is 16.4. The smallest absolute Gasteiger partial charge is 0.303 e. The lowest BCUT2D eigenvalue weighted by atomic mass is 9.95. The Bertz CT molecular complexity index is 374. The first-order chi connectivity index (χ1) is 7.54. The fourth-order valence-corrected chi connectivity index (χ4v) is 1.74. The standard InChI is InChI=1S/C13H19NO2/c1-3-10-5-4-9(2)11(8-10)12(14)6-7-13(15)16/h4-5,8,12H,3,6-7,14H2,1-2H3,(H,15,16). The zero-order valence-electron chi connectivity index (χ0n) is 9.86. The number of hydrogen-bond acceptors (Lipinski definition) is 2. The van der Waals surface area contributed by atoms with Crippen LogP contribution in [0, 0.1) is 6.92 Å². The van der Waals surface area contributed by atoms with E-state index in [0.717, 1.165) is 17.5 Å². The summed E-state index contributed by atoms with van der Waals surface area (Å²) in [6.45, 7) is 4.10. The molecule has 0 saturated carbocycles. The van der Waals surface area contributed by atoms with Crippen molar-refractivity contribution in [3.8, 4) is 0 Å². The molecule has 1 rings (SSSR count). The normalized spacial score (nSPS) is 12.4. The van der Waals surface area contributed by atoms with E-state index in [2.05, 4.69) is 25.1 Å². The minimum Gasteiger partial charge on any atom is -0.481 e. The van der Waals surface area contributed by atoms with Gasteiger partial charge in [-0.15, -0.1) is 0 Å². The summed E-state index contributed by atoms with van der Waals surface area (Å²) >= 11 is 0. The highest BCUT2D eigenvalue weighted by Crippen LogP contribution is 2.21. The second kappa shape index (κ2) is 5.66. The number of rotatable bonds is 5. The van der Waals surface area contributed by atoms with E-state index in [1.54, 1.807) is 0 Å². The van der Waals surface area contributed by atoms with Gasteiger partial charge in [-0.3, -0.25) is 4.79 Å². The van der Waals surface area contributed by atoms with Crippen LogP contribution in [0.15, 0.2) is 18.2 Å². The second-order valence-electron chi connectivity index (χ2n) is 4.08. The van der Waals surface area contributed by atoms with Crippen LogP contribution in [0.4, 0.5) is 0 Å². The molecule has 1 unspecified atom stereocenters. The third kappa shape index (κ3) is 3.35. The van der Waals surface area contributed by atoms with Crippen molar-refractivity contribution in [2.45, 2.75) is 39.2 Å². The van der Waals surface area contributed by atoms with Crippen molar-refractivity contribution >= 4 is 5.97 Å². The molecule has 0 fully saturated rings. The van der Waals surface area contributed by atoms with E-state index in [1.807, 2.05) is 6.92 Å². The van der Waals surface area contributed by atoms with Crippen LogP contribution in [-0.4, -0.2) is 11.1 Å². The van der Waals surface area contributed by atoms with Crippen LogP contribution in [0.3, 0.4) is 0 Å². The Hall–Kier alpha value is -1.35. The van der Waals surface area contributed by atoms with Crippen molar-refractivity contribution < 1.29 is 9.90 Å². The average Bonchev–Trinajstić information content (AvgIpc) is 2.26. The molecule has 16 heavy (non-hydrogen) atoms. The van der Waals surface area contributed by atoms with Crippen molar-refractivity contribution in [1.82, 2.24) is 0 Å². The van der Waals surface area contributed by atoms with Crippen molar-refractivity contribution in [1.29, 1.82) is 0 Å². The molecule has 3 N–H and O–H groups in total. The highest BCUT2D eigenvalue weighted by molar-refractivity contribution is 5.66. The lowest BCUT2D eigenvalue weighted by Crippen LogP contribution is -2.14. The predicted octanol–water partition coefficient (Wildman–Crippen LogP) is 2.42. The summed E-state index contributed by atoms with van der Waals surface area (Å²) in [6, 6.07) is 6.04. The quantitative estimate of drug-likeness (QED) is 0.802. The molecule has 3 nitrogen and oxygen atoms in total. The van der Waals surface area contributed by atoms with Crippen molar-refractivity contribution in [2.24, 2.45) is 5.73 Å². The van der Waals surface area contributed by atoms with Gasteiger partial charge in [0.05, 0.1) is 0 Å². The molecule has 0 aliphatic heterocycles. The molecule has 0 aliphatic rings. The Balaban J connectivity index is 2.80. The van der Waals surface area contributed by atoms with Crippen molar-refractivity contribution in [2.75, 3.05) is 0 Å². The van der Waals surface area contributed by atoms with Gasteiger partial charge < -0.3 is 10.8 Å². The number of aliphatic carboxylic acids is 1. The molecular weight excluding hydrogens is 202 g/mol. The fourth-order valence-electron chi connectivity index (χ4n) is 1.74. The topological polar surface area (TPSA) is 63.3 Å². The molecular formula is C13H19NO2. The van der Waals surface area contributed by atoms with Gasteiger partial charge in [0.1, 0.15) is 0 Å². The molecule has 1 aromatic rings. The first-order valence-corrected chi connectivity index (χ1v) is 5.61. The Morgan fingerprint density at radius 3 is 2.75 bits per heavy atom. The predicted molar refractivity (Wildman–Crippen MR) is 64.4 cm³/mol. The zero-order valence-corrected chi connectivity index (χ0v) is 9.86. The van der Waals surface area contributed by atoms with E-state index in [0.29, 0.717) is 6.42 Å². The summed E-state index contributed by atoms with van der Waals surface area (Å²) in [5, 5.41) is 8.62. The number of carbonyl (C=O) groups is 1. The fraction of sp³-hybridized carbons (Fsp3) is 0.462. The van der Waals surface area contributed by atoms with E-state index < -0.39 is 5.97 Å². The van der Waals surface area contributed by atoms with Crippen molar-refractivity contribution in [3.05, 3.63) is 34.9 Å². The minimum atomic E-state index is -0.792. The first-order valence-electron chi connectivity index (χ1n) is 5.61. The summed E-state index contributed by atoms with van der Waals surface area (Å²) in [5.41, 5.74) is 9.45. The maximum Gasteiger partial charge on any atom is 0.303 e. The van der Waals surface area contributed by atoms with Gasteiger partial charge in [0.25, 0.3) is 0 Å². The molecule has 0 heterocycles. The Morgan fingerprint density at radius 1 is 1.50 bits per heavy atom. The minimum absolute atomic E-state index is 0.122. The largest absolute Gasteiger partial charge is 0.481 e. The molecule has 0 bridgehead atoms. The molecule has 1 aromatic carbocycles. The van der Waals surface area contributed by atoms with Crippen LogP contribution in [-0.2, 0) is 11.2 Å². The van der Waals surface area contributed by atoms with Gasteiger partial charge in [-0.25, -0.2) is 0 Å². The molecule has 0 saturated heterocycles. The van der Waals surface area contributed by atoms with Crippen LogP contribution < -0.4 is 5.73 Å².